The molecule has 3 rings (SSSR count). The van der Waals surface area contributed by atoms with E-state index in [1.54, 1.807) is 18.7 Å². The lowest BCUT2D eigenvalue weighted by molar-refractivity contribution is -0.127. The van der Waals surface area contributed by atoms with E-state index in [4.69, 9.17) is 4.42 Å². The average Bonchev–Trinajstić information content (AvgIpc) is 2.88. The number of rotatable bonds is 4. The second-order valence-corrected chi connectivity index (χ2v) is 4.90. The number of pyridine rings is 1. The molecule has 2 aromatic rings. The summed E-state index contributed by atoms with van der Waals surface area (Å²) in [6.07, 6.45) is 8.39. The highest BCUT2D eigenvalue weighted by Crippen LogP contribution is 2.26. The van der Waals surface area contributed by atoms with Gasteiger partial charge in [-0.3, -0.25) is 9.78 Å². The normalized spacial score (nSPS) is 14.9. The summed E-state index contributed by atoms with van der Waals surface area (Å²) in [6, 6.07) is 5.74. The molecular formula is C15H16N2O2. The molecule has 1 saturated carbocycles. The molecule has 98 valence electrons. The number of carbonyl (C=O) groups excluding carboxylic acids is 1. The maximum Gasteiger partial charge on any atom is 0.223 e. The zero-order valence-electron chi connectivity index (χ0n) is 10.6. The van der Waals surface area contributed by atoms with E-state index in [9.17, 15) is 4.79 Å². The number of nitrogens with one attached hydrogen (secondary N) is 1. The molecule has 0 unspecified atom stereocenters. The first kappa shape index (κ1) is 12.0. The Morgan fingerprint density at radius 1 is 1.42 bits per heavy atom. The molecule has 0 radical (unpaired) electrons. The van der Waals surface area contributed by atoms with Crippen molar-refractivity contribution in [2.75, 3.05) is 0 Å². The zero-order chi connectivity index (χ0) is 13.1. The molecule has 1 aliphatic carbocycles. The first-order chi connectivity index (χ1) is 9.33. The second kappa shape index (κ2) is 5.26. The van der Waals surface area contributed by atoms with Crippen molar-refractivity contribution in [2.24, 2.45) is 5.92 Å². The van der Waals surface area contributed by atoms with Gasteiger partial charge in [-0.05, 0) is 36.6 Å². The Bertz CT molecular complexity index is 559. The van der Waals surface area contributed by atoms with Crippen LogP contribution in [0, 0.1) is 5.92 Å². The van der Waals surface area contributed by atoms with Crippen LogP contribution in [-0.2, 0) is 11.3 Å². The molecule has 0 saturated heterocycles. The fourth-order valence-corrected chi connectivity index (χ4v) is 2.17. The largest absolute Gasteiger partial charge is 0.464 e. The number of amides is 1. The molecule has 1 N–H and O–H groups in total. The van der Waals surface area contributed by atoms with Gasteiger partial charge in [0.15, 0.2) is 0 Å². The summed E-state index contributed by atoms with van der Waals surface area (Å²) in [5.41, 5.74) is 1.92. The van der Waals surface area contributed by atoms with E-state index in [1.807, 2.05) is 18.2 Å². The quantitative estimate of drug-likeness (QED) is 0.915. The van der Waals surface area contributed by atoms with Crippen LogP contribution < -0.4 is 5.32 Å². The summed E-state index contributed by atoms with van der Waals surface area (Å²) in [6.45, 7) is 0.525. The van der Waals surface area contributed by atoms with Gasteiger partial charge in [-0.2, -0.15) is 0 Å². The summed E-state index contributed by atoms with van der Waals surface area (Å²) >= 11 is 0. The molecule has 19 heavy (non-hydrogen) atoms. The van der Waals surface area contributed by atoms with E-state index in [-0.39, 0.29) is 11.8 Å². The van der Waals surface area contributed by atoms with Crippen molar-refractivity contribution in [3.8, 4) is 11.3 Å². The molecule has 2 heterocycles. The van der Waals surface area contributed by atoms with Crippen LogP contribution >= 0.6 is 0 Å². The lowest BCUT2D eigenvalue weighted by atomic mass is 9.85. The van der Waals surface area contributed by atoms with Crippen LogP contribution in [-0.4, -0.2) is 10.9 Å². The van der Waals surface area contributed by atoms with Gasteiger partial charge in [-0.25, -0.2) is 0 Å². The fourth-order valence-electron chi connectivity index (χ4n) is 2.17. The molecule has 0 aliphatic heterocycles. The van der Waals surface area contributed by atoms with Crippen molar-refractivity contribution in [3.63, 3.8) is 0 Å². The van der Waals surface area contributed by atoms with E-state index in [0.29, 0.717) is 6.54 Å². The highest BCUT2D eigenvalue weighted by Gasteiger charge is 2.24. The summed E-state index contributed by atoms with van der Waals surface area (Å²) in [7, 11) is 0. The summed E-state index contributed by atoms with van der Waals surface area (Å²) < 4.78 is 5.34. The molecule has 2 aromatic heterocycles. The van der Waals surface area contributed by atoms with Gasteiger partial charge >= 0.3 is 0 Å². The zero-order valence-corrected chi connectivity index (χ0v) is 10.6. The first-order valence-electron chi connectivity index (χ1n) is 6.58. The first-order valence-corrected chi connectivity index (χ1v) is 6.58. The third-order valence-electron chi connectivity index (χ3n) is 3.54. The topological polar surface area (TPSA) is 55.1 Å². The minimum absolute atomic E-state index is 0.162. The summed E-state index contributed by atoms with van der Waals surface area (Å²) in [5.74, 6) is 1.18. The van der Waals surface area contributed by atoms with Gasteiger partial charge in [0.1, 0.15) is 5.76 Å². The molecule has 1 fully saturated rings. The average molecular weight is 256 g/mol. The van der Waals surface area contributed by atoms with Crippen molar-refractivity contribution in [2.45, 2.75) is 25.8 Å². The Kier molecular flexibility index (Phi) is 3.31. The van der Waals surface area contributed by atoms with Crippen LogP contribution in [0.5, 0.6) is 0 Å². The molecule has 0 bridgehead atoms. The van der Waals surface area contributed by atoms with Crippen LogP contribution in [0.15, 0.2) is 41.3 Å². The van der Waals surface area contributed by atoms with Gasteiger partial charge < -0.3 is 9.73 Å². The van der Waals surface area contributed by atoms with Crippen LogP contribution in [0.1, 0.15) is 24.8 Å². The van der Waals surface area contributed by atoms with E-state index in [1.165, 1.54) is 6.42 Å². The van der Waals surface area contributed by atoms with Crippen LogP contribution in [0.3, 0.4) is 0 Å². The van der Waals surface area contributed by atoms with Crippen molar-refractivity contribution < 1.29 is 9.21 Å². The maximum absolute atomic E-state index is 11.8. The number of furan rings is 1. The van der Waals surface area contributed by atoms with Crippen molar-refractivity contribution >= 4 is 5.91 Å². The molecule has 1 amide bonds. The monoisotopic (exact) mass is 256 g/mol. The minimum atomic E-state index is 0.162. The molecule has 0 spiro atoms. The van der Waals surface area contributed by atoms with E-state index < -0.39 is 0 Å². The minimum Gasteiger partial charge on any atom is -0.464 e. The molecular weight excluding hydrogens is 240 g/mol. The van der Waals surface area contributed by atoms with E-state index >= 15 is 0 Å². The number of carbonyl (C=O) groups is 1. The van der Waals surface area contributed by atoms with Crippen LogP contribution in [0.4, 0.5) is 0 Å². The molecule has 4 heteroatoms. The summed E-state index contributed by atoms with van der Waals surface area (Å²) in [5, 5.41) is 2.96. The van der Waals surface area contributed by atoms with Crippen molar-refractivity contribution in [3.05, 3.63) is 42.4 Å². The van der Waals surface area contributed by atoms with E-state index in [0.717, 1.165) is 29.7 Å². The highest BCUT2D eigenvalue weighted by atomic mass is 16.3. The smallest absolute Gasteiger partial charge is 0.223 e. The van der Waals surface area contributed by atoms with Crippen molar-refractivity contribution in [1.82, 2.24) is 10.3 Å². The third kappa shape index (κ3) is 2.67. The van der Waals surface area contributed by atoms with Crippen LogP contribution in [0.2, 0.25) is 0 Å². The standard InChI is InChI=1S/C15H16N2O2/c18-15(12-3-1-4-12)17-9-11-7-13(10-16-8-11)14-5-2-6-19-14/h2,5-8,10,12H,1,3-4,9H2,(H,17,18). The second-order valence-electron chi connectivity index (χ2n) is 4.90. The SMILES string of the molecule is O=C(NCc1cncc(-c2ccco2)c1)C1CCC1. The molecule has 4 nitrogen and oxygen atoms in total. The van der Waals surface area contributed by atoms with E-state index in [2.05, 4.69) is 10.3 Å². The number of hydrogen-bond donors (Lipinski definition) is 1. The Hall–Kier alpha value is -2.10. The van der Waals surface area contributed by atoms with Gasteiger partial charge in [0, 0.05) is 30.4 Å². The van der Waals surface area contributed by atoms with Gasteiger partial charge in [-0.1, -0.05) is 6.42 Å². The predicted octanol–water partition coefficient (Wildman–Crippen LogP) is 2.76. The van der Waals surface area contributed by atoms with Gasteiger partial charge in [0.05, 0.1) is 6.26 Å². The predicted molar refractivity (Wildman–Crippen MR) is 71.1 cm³/mol. The maximum atomic E-state index is 11.8. The molecule has 0 atom stereocenters. The molecule has 0 aromatic carbocycles. The lowest BCUT2D eigenvalue weighted by Gasteiger charge is -2.24. The summed E-state index contributed by atoms with van der Waals surface area (Å²) in [4.78, 5) is 15.9. The lowest BCUT2D eigenvalue weighted by Crippen LogP contribution is -2.33. The Morgan fingerprint density at radius 3 is 3.00 bits per heavy atom. The van der Waals surface area contributed by atoms with Gasteiger partial charge in [0.2, 0.25) is 5.91 Å². The van der Waals surface area contributed by atoms with Crippen molar-refractivity contribution in [1.29, 1.82) is 0 Å². The van der Waals surface area contributed by atoms with Gasteiger partial charge in [0.25, 0.3) is 0 Å². The Balaban J connectivity index is 1.64. The number of aromatic nitrogens is 1. The number of nitrogens with zero attached hydrogens (tertiary/aromatic N) is 1. The molecule has 1 aliphatic rings. The van der Waals surface area contributed by atoms with Crippen LogP contribution in [0.25, 0.3) is 11.3 Å². The Labute approximate surface area is 111 Å². The Morgan fingerprint density at radius 2 is 2.32 bits per heavy atom. The highest BCUT2D eigenvalue weighted by molar-refractivity contribution is 5.79. The third-order valence-corrected chi connectivity index (χ3v) is 3.54. The number of hydrogen-bond acceptors (Lipinski definition) is 3. The fraction of sp³-hybridized carbons (Fsp3) is 0.333. The van der Waals surface area contributed by atoms with Gasteiger partial charge in [-0.15, -0.1) is 0 Å².